The number of ketones is 1. The van der Waals surface area contributed by atoms with Gasteiger partial charge >= 0.3 is 0 Å². The zero-order valence-corrected chi connectivity index (χ0v) is 13.0. The van der Waals surface area contributed by atoms with E-state index in [9.17, 15) is 4.79 Å². The highest BCUT2D eigenvalue weighted by atomic mass is 32.2. The molecular weight excluding hydrogens is 284 g/mol. The number of hydrogen-bond acceptors (Lipinski definition) is 4. The van der Waals surface area contributed by atoms with Crippen LogP contribution in [0.1, 0.15) is 17.3 Å². The smallest absolute Gasteiger partial charge is 0.163 e. The SMILES string of the molecule is COc1cccc(SCCOc2ccccc2C(C)=O)c1. The number of methoxy groups -OCH3 is 1. The number of carbonyl (C=O) groups is 1. The van der Waals surface area contributed by atoms with E-state index in [4.69, 9.17) is 9.47 Å². The highest BCUT2D eigenvalue weighted by molar-refractivity contribution is 7.99. The first-order valence-corrected chi connectivity index (χ1v) is 7.69. The van der Waals surface area contributed by atoms with Gasteiger partial charge in [0.15, 0.2) is 5.78 Å². The lowest BCUT2D eigenvalue weighted by molar-refractivity contribution is 0.101. The van der Waals surface area contributed by atoms with Gasteiger partial charge in [-0.05, 0) is 37.3 Å². The maximum absolute atomic E-state index is 11.5. The molecule has 0 N–H and O–H groups in total. The Kier molecular flexibility index (Phi) is 5.69. The minimum absolute atomic E-state index is 0.0195. The quantitative estimate of drug-likeness (QED) is 0.439. The van der Waals surface area contributed by atoms with Gasteiger partial charge in [-0.25, -0.2) is 0 Å². The van der Waals surface area contributed by atoms with Gasteiger partial charge in [-0.2, -0.15) is 0 Å². The molecule has 0 saturated heterocycles. The van der Waals surface area contributed by atoms with Crippen LogP contribution in [0.5, 0.6) is 11.5 Å². The maximum Gasteiger partial charge on any atom is 0.163 e. The Morgan fingerprint density at radius 2 is 1.95 bits per heavy atom. The van der Waals surface area contributed by atoms with E-state index in [1.54, 1.807) is 31.9 Å². The van der Waals surface area contributed by atoms with Crippen LogP contribution in [-0.4, -0.2) is 25.3 Å². The molecule has 0 spiro atoms. The molecule has 0 aliphatic heterocycles. The molecule has 0 aliphatic rings. The number of Topliss-reactive ketones (excluding diaryl/α,β-unsaturated/α-hetero) is 1. The third kappa shape index (κ3) is 4.53. The van der Waals surface area contributed by atoms with Crippen molar-refractivity contribution in [2.24, 2.45) is 0 Å². The highest BCUT2D eigenvalue weighted by Gasteiger charge is 2.07. The third-order valence-electron chi connectivity index (χ3n) is 2.92. The topological polar surface area (TPSA) is 35.5 Å². The van der Waals surface area contributed by atoms with Gasteiger partial charge in [-0.1, -0.05) is 18.2 Å². The number of carbonyl (C=O) groups excluding carboxylic acids is 1. The van der Waals surface area contributed by atoms with Crippen LogP contribution in [0.4, 0.5) is 0 Å². The fraction of sp³-hybridized carbons (Fsp3) is 0.235. The van der Waals surface area contributed by atoms with E-state index >= 15 is 0 Å². The Hall–Kier alpha value is -1.94. The zero-order valence-electron chi connectivity index (χ0n) is 12.2. The summed E-state index contributed by atoms with van der Waals surface area (Å²) in [6.07, 6.45) is 0. The van der Waals surface area contributed by atoms with Crippen LogP contribution in [0.25, 0.3) is 0 Å². The van der Waals surface area contributed by atoms with Crippen LogP contribution in [0, 0.1) is 0 Å². The average Bonchev–Trinajstić information content (AvgIpc) is 2.52. The van der Waals surface area contributed by atoms with E-state index in [1.807, 2.05) is 42.5 Å². The summed E-state index contributed by atoms with van der Waals surface area (Å²) in [6.45, 7) is 2.10. The molecule has 0 heterocycles. The number of rotatable bonds is 7. The molecule has 21 heavy (non-hydrogen) atoms. The van der Waals surface area contributed by atoms with E-state index < -0.39 is 0 Å². The van der Waals surface area contributed by atoms with Crippen LogP contribution in [0.3, 0.4) is 0 Å². The van der Waals surface area contributed by atoms with E-state index in [0.29, 0.717) is 17.9 Å². The predicted octanol–water partition coefficient (Wildman–Crippen LogP) is 4.07. The van der Waals surface area contributed by atoms with E-state index in [1.165, 1.54) is 0 Å². The molecule has 0 amide bonds. The number of hydrogen-bond donors (Lipinski definition) is 0. The molecule has 4 heteroatoms. The van der Waals surface area contributed by atoms with Crippen molar-refractivity contribution < 1.29 is 14.3 Å². The number of para-hydroxylation sites is 1. The molecule has 2 rings (SSSR count). The molecule has 0 unspecified atom stereocenters. The van der Waals surface area contributed by atoms with Gasteiger partial charge in [0.25, 0.3) is 0 Å². The van der Waals surface area contributed by atoms with Crippen LogP contribution < -0.4 is 9.47 Å². The Labute approximate surface area is 129 Å². The maximum atomic E-state index is 11.5. The summed E-state index contributed by atoms with van der Waals surface area (Å²) in [5.74, 6) is 2.32. The molecule has 0 radical (unpaired) electrons. The second-order valence-corrected chi connectivity index (χ2v) is 5.60. The largest absolute Gasteiger partial charge is 0.497 e. The van der Waals surface area contributed by atoms with Crippen LogP contribution in [0.15, 0.2) is 53.4 Å². The van der Waals surface area contributed by atoms with Gasteiger partial charge in [-0.3, -0.25) is 4.79 Å². The average molecular weight is 302 g/mol. The molecular formula is C17H18O3S. The number of ether oxygens (including phenoxy) is 2. The standard InChI is InChI=1S/C17H18O3S/c1-13(18)16-8-3-4-9-17(16)20-10-11-21-15-7-5-6-14(12-15)19-2/h3-9,12H,10-11H2,1-2H3. The lowest BCUT2D eigenvalue weighted by Crippen LogP contribution is -2.04. The molecule has 110 valence electrons. The zero-order chi connectivity index (χ0) is 15.1. The van der Waals surface area contributed by atoms with Gasteiger partial charge in [0.2, 0.25) is 0 Å². The van der Waals surface area contributed by atoms with Gasteiger partial charge in [0.05, 0.1) is 19.3 Å². The molecule has 0 saturated carbocycles. The van der Waals surface area contributed by atoms with Crippen molar-refractivity contribution in [3.05, 3.63) is 54.1 Å². The molecule has 2 aromatic rings. The molecule has 0 aliphatic carbocycles. The monoisotopic (exact) mass is 302 g/mol. The summed E-state index contributed by atoms with van der Waals surface area (Å²) in [5, 5.41) is 0. The molecule has 0 atom stereocenters. The minimum atomic E-state index is 0.0195. The second kappa shape index (κ2) is 7.74. The van der Waals surface area contributed by atoms with Crippen molar-refractivity contribution in [2.45, 2.75) is 11.8 Å². The van der Waals surface area contributed by atoms with E-state index in [-0.39, 0.29) is 5.78 Å². The molecule has 0 aromatic heterocycles. The Morgan fingerprint density at radius 1 is 1.14 bits per heavy atom. The van der Waals surface area contributed by atoms with Gasteiger partial charge < -0.3 is 9.47 Å². The van der Waals surface area contributed by atoms with Crippen LogP contribution in [0.2, 0.25) is 0 Å². The summed E-state index contributed by atoms with van der Waals surface area (Å²) < 4.78 is 10.9. The first kappa shape index (κ1) is 15.4. The van der Waals surface area contributed by atoms with Crippen LogP contribution in [-0.2, 0) is 0 Å². The fourth-order valence-electron chi connectivity index (χ4n) is 1.89. The highest BCUT2D eigenvalue weighted by Crippen LogP contribution is 2.23. The minimum Gasteiger partial charge on any atom is -0.497 e. The summed E-state index contributed by atoms with van der Waals surface area (Å²) in [4.78, 5) is 12.6. The number of thioether (sulfide) groups is 1. The van der Waals surface area contributed by atoms with Crippen molar-refractivity contribution in [2.75, 3.05) is 19.5 Å². The van der Waals surface area contributed by atoms with Gasteiger partial charge in [0, 0.05) is 10.6 Å². The van der Waals surface area contributed by atoms with Crippen molar-refractivity contribution in [1.29, 1.82) is 0 Å². The lowest BCUT2D eigenvalue weighted by Gasteiger charge is -2.09. The van der Waals surface area contributed by atoms with E-state index in [2.05, 4.69) is 0 Å². The predicted molar refractivity (Wildman–Crippen MR) is 85.7 cm³/mol. The summed E-state index contributed by atoms with van der Waals surface area (Å²) in [6, 6.07) is 15.2. The summed E-state index contributed by atoms with van der Waals surface area (Å²) >= 11 is 1.69. The van der Waals surface area contributed by atoms with Gasteiger partial charge in [-0.15, -0.1) is 11.8 Å². The van der Waals surface area contributed by atoms with Crippen molar-refractivity contribution in [3.8, 4) is 11.5 Å². The normalized spacial score (nSPS) is 10.2. The van der Waals surface area contributed by atoms with Crippen molar-refractivity contribution in [1.82, 2.24) is 0 Å². The first-order chi connectivity index (χ1) is 10.2. The third-order valence-corrected chi connectivity index (χ3v) is 3.88. The van der Waals surface area contributed by atoms with E-state index in [0.717, 1.165) is 16.4 Å². The fourth-order valence-corrected chi connectivity index (χ4v) is 2.66. The Bertz CT molecular complexity index is 610. The summed E-state index contributed by atoms with van der Waals surface area (Å²) in [7, 11) is 1.66. The molecule has 2 aromatic carbocycles. The van der Waals surface area contributed by atoms with Crippen molar-refractivity contribution in [3.63, 3.8) is 0 Å². The Balaban J connectivity index is 1.86. The molecule has 0 fully saturated rings. The second-order valence-electron chi connectivity index (χ2n) is 4.43. The van der Waals surface area contributed by atoms with Crippen LogP contribution >= 0.6 is 11.8 Å². The summed E-state index contributed by atoms with van der Waals surface area (Å²) in [5.41, 5.74) is 0.629. The number of benzene rings is 2. The first-order valence-electron chi connectivity index (χ1n) is 6.70. The molecule has 0 bridgehead atoms. The molecule has 3 nitrogen and oxygen atoms in total. The van der Waals surface area contributed by atoms with Gasteiger partial charge in [0.1, 0.15) is 11.5 Å². The lowest BCUT2D eigenvalue weighted by atomic mass is 10.1. The van der Waals surface area contributed by atoms with Crippen molar-refractivity contribution >= 4 is 17.5 Å². The Morgan fingerprint density at radius 3 is 2.71 bits per heavy atom.